The molecule has 2 saturated heterocycles. The molecule has 1 amide bonds. The zero-order valence-electron chi connectivity index (χ0n) is 21.3. The largest absolute Gasteiger partial charge is 0.493 e. The summed E-state index contributed by atoms with van der Waals surface area (Å²) in [4.78, 5) is 20.3. The number of piperidine rings is 1. The summed E-state index contributed by atoms with van der Waals surface area (Å²) in [6.07, 6.45) is 1.82. The molecule has 5 nitrogen and oxygen atoms in total. The maximum atomic E-state index is 13.6. The van der Waals surface area contributed by atoms with E-state index in [0.717, 1.165) is 45.6 Å². The van der Waals surface area contributed by atoms with Gasteiger partial charge < -0.3 is 14.5 Å². The Bertz CT molecular complexity index is 1200. The van der Waals surface area contributed by atoms with E-state index in [2.05, 4.69) is 71.3 Å². The number of rotatable bonds is 7. The molecule has 0 aromatic heterocycles. The highest BCUT2D eigenvalue weighted by atomic mass is 19.1. The zero-order chi connectivity index (χ0) is 25.1. The molecule has 3 aromatic rings. The Hall–Kier alpha value is -2.96. The summed E-state index contributed by atoms with van der Waals surface area (Å²) in [5.41, 5.74) is 1.25. The molecule has 3 aromatic carbocycles. The Morgan fingerprint density at radius 3 is 2.61 bits per heavy atom. The SMILES string of the molecule is CN(C)C1CCN(C(=O)[C@@H]2C[C@H](COc3cccc(F)c3)CN(Cc3ccc4ccccc4c3)C2)C1. The van der Waals surface area contributed by atoms with Gasteiger partial charge in [0.2, 0.25) is 5.91 Å². The van der Waals surface area contributed by atoms with Gasteiger partial charge in [0, 0.05) is 50.7 Å². The first-order chi connectivity index (χ1) is 17.4. The fourth-order valence-electron chi connectivity index (χ4n) is 5.72. The monoisotopic (exact) mass is 489 g/mol. The van der Waals surface area contributed by atoms with Crippen LogP contribution in [0, 0.1) is 17.7 Å². The van der Waals surface area contributed by atoms with Crippen LogP contribution in [0.25, 0.3) is 10.8 Å². The average molecular weight is 490 g/mol. The minimum atomic E-state index is -0.299. The standard InChI is InChI=1S/C30H36FN3O2/c1-32(2)28-12-13-34(20-28)30(35)26-15-23(21-36-29-9-5-8-27(31)16-29)18-33(19-26)17-22-10-11-24-6-3-4-7-25(24)14-22/h3-11,14,16,23,26,28H,12-13,15,17-21H2,1-2H3/t23-,26+,28?/m0/s1. The molecule has 6 heteroatoms. The van der Waals surface area contributed by atoms with Gasteiger partial charge in [-0.05, 0) is 61.5 Å². The van der Waals surface area contributed by atoms with Gasteiger partial charge in [-0.15, -0.1) is 0 Å². The van der Waals surface area contributed by atoms with Crippen LogP contribution in [0.15, 0.2) is 66.7 Å². The van der Waals surface area contributed by atoms with E-state index in [9.17, 15) is 9.18 Å². The molecular formula is C30H36FN3O2. The van der Waals surface area contributed by atoms with Gasteiger partial charge in [0.05, 0.1) is 12.5 Å². The van der Waals surface area contributed by atoms with E-state index in [1.54, 1.807) is 12.1 Å². The third-order valence-electron chi connectivity index (χ3n) is 7.67. The van der Waals surface area contributed by atoms with Crippen molar-refractivity contribution < 1.29 is 13.9 Å². The second-order valence-corrected chi connectivity index (χ2v) is 10.6. The maximum absolute atomic E-state index is 13.6. The summed E-state index contributed by atoms with van der Waals surface area (Å²) in [6, 6.07) is 21.7. The number of amides is 1. The molecule has 3 atom stereocenters. The van der Waals surface area contributed by atoms with Crippen LogP contribution in [-0.4, -0.2) is 73.5 Å². The number of hydrogen-bond donors (Lipinski definition) is 0. The third kappa shape index (κ3) is 5.88. The zero-order valence-corrected chi connectivity index (χ0v) is 21.3. The molecule has 190 valence electrons. The topological polar surface area (TPSA) is 36.0 Å². The normalized spacial score (nSPS) is 22.9. The molecule has 0 aliphatic carbocycles. The number of benzene rings is 3. The fraction of sp³-hybridized carbons (Fsp3) is 0.433. The lowest BCUT2D eigenvalue weighted by Crippen LogP contribution is -2.48. The van der Waals surface area contributed by atoms with Crippen LogP contribution in [-0.2, 0) is 11.3 Å². The van der Waals surface area contributed by atoms with Crippen LogP contribution >= 0.6 is 0 Å². The van der Waals surface area contributed by atoms with Gasteiger partial charge in [-0.2, -0.15) is 0 Å². The van der Waals surface area contributed by atoms with Gasteiger partial charge in [-0.1, -0.05) is 42.5 Å². The number of carbonyl (C=O) groups excluding carboxylic acids is 1. The van der Waals surface area contributed by atoms with Crippen molar-refractivity contribution in [3.63, 3.8) is 0 Å². The number of carbonyl (C=O) groups is 1. The number of halogens is 1. The van der Waals surface area contributed by atoms with Crippen LogP contribution in [0.5, 0.6) is 5.75 Å². The van der Waals surface area contributed by atoms with Crippen LogP contribution in [0.3, 0.4) is 0 Å². The molecule has 0 saturated carbocycles. The predicted octanol–water partition coefficient (Wildman–Crippen LogP) is 4.66. The van der Waals surface area contributed by atoms with Gasteiger partial charge in [-0.3, -0.25) is 9.69 Å². The molecule has 36 heavy (non-hydrogen) atoms. The Morgan fingerprint density at radius 2 is 1.83 bits per heavy atom. The Balaban J connectivity index is 1.30. The summed E-state index contributed by atoms with van der Waals surface area (Å²) in [5.74, 6) is 0.646. The number of likely N-dealkylation sites (N-methyl/N-ethyl adjacent to an activating group) is 1. The van der Waals surface area contributed by atoms with Crippen molar-refractivity contribution in [2.75, 3.05) is 46.9 Å². The van der Waals surface area contributed by atoms with E-state index in [1.165, 1.54) is 28.5 Å². The van der Waals surface area contributed by atoms with E-state index in [1.807, 2.05) is 0 Å². The minimum absolute atomic E-state index is 0.0544. The molecule has 0 bridgehead atoms. The first kappa shape index (κ1) is 24.7. The summed E-state index contributed by atoms with van der Waals surface area (Å²) in [5, 5.41) is 2.47. The van der Waals surface area contributed by atoms with Crippen molar-refractivity contribution in [2.45, 2.75) is 25.4 Å². The van der Waals surface area contributed by atoms with E-state index in [0.29, 0.717) is 18.4 Å². The second kappa shape index (κ2) is 11.0. The van der Waals surface area contributed by atoms with E-state index in [-0.39, 0.29) is 23.6 Å². The first-order valence-corrected chi connectivity index (χ1v) is 13.0. The molecule has 0 radical (unpaired) electrons. The van der Waals surface area contributed by atoms with Crippen molar-refractivity contribution in [1.82, 2.24) is 14.7 Å². The van der Waals surface area contributed by atoms with Crippen LogP contribution in [0.1, 0.15) is 18.4 Å². The summed E-state index contributed by atoms with van der Waals surface area (Å²) < 4.78 is 19.6. The first-order valence-electron chi connectivity index (χ1n) is 13.0. The molecule has 5 rings (SSSR count). The third-order valence-corrected chi connectivity index (χ3v) is 7.67. The Kier molecular flexibility index (Phi) is 7.54. The average Bonchev–Trinajstić information content (AvgIpc) is 3.38. The quantitative estimate of drug-likeness (QED) is 0.484. The molecule has 0 N–H and O–H groups in total. The molecule has 2 aliphatic rings. The highest BCUT2D eigenvalue weighted by Crippen LogP contribution is 2.28. The van der Waals surface area contributed by atoms with E-state index < -0.39 is 0 Å². The highest BCUT2D eigenvalue weighted by Gasteiger charge is 2.37. The van der Waals surface area contributed by atoms with Crippen LogP contribution < -0.4 is 4.74 Å². The number of hydrogen-bond acceptors (Lipinski definition) is 4. The summed E-state index contributed by atoms with van der Waals surface area (Å²) in [6.45, 7) is 4.51. The summed E-state index contributed by atoms with van der Waals surface area (Å²) >= 11 is 0. The second-order valence-electron chi connectivity index (χ2n) is 10.6. The maximum Gasteiger partial charge on any atom is 0.227 e. The number of ether oxygens (including phenoxy) is 1. The van der Waals surface area contributed by atoms with Crippen molar-refractivity contribution in [2.24, 2.45) is 11.8 Å². The fourth-order valence-corrected chi connectivity index (χ4v) is 5.72. The van der Waals surface area contributed by atoms with Gasteiger partial charge in [0.25, 0.3) is 0 Å². The van der Waals surface area contributed by atoms with Crippen LogP contribution in [0.2, 0.25) is 0 Å². The number of fused-ring (bicyclic) bond motifs is 1. The lowest BCUT2D eigenvalue weighted by molar-refractivity contribution is -0.137. The van der Waals surface area contributed by atoms with Crippen LogP contribution in [0.4, 0.5) is 4.39 Å². The molecule has 2 aliphatic heterocycles. The van der Waals surface area contributed by atoms with Gasteiger partial charge >= 0.3 is 0 Å². The molecule has 2 heterocycles. The Labute approximate surface area is 213 Å². The lowest BCUT2D eigenvalue weighted by Gasteiger charge is -2.38. The van der Waals surface area contributed by atoms with Crippen molar-refractivity contribution in [1.29, 1.82) is 0 Å². The molecule has 0 spiro atoms. The van der Waals surface area contributed by atoms with Gasteiger partial charge in [-0.25, -0.2) is 4.39 Å². The number of likely N-dealkylation sites (tertiary alicyclic amines) is 2. The molecular weight excluding hydrogens is 453 g/mol. The van der Waals surface area contributed by atoms with Crippen molar-refractivity contribution >= 4 is 16.7 Å². The van der Waals surface area contributed by atoms with E-state index >= 15 is 0 Å². The van der Waals surface area contributed by atoms with Gasteiger partial charge in [0.15, 0.2) is 0 Å². The minimum Gasteiger partial charge on any atom is -0.493 e. The predicted molar refractivity (Wildman–Crippen MR) is 141 cm³/mol. The van der Waals surface area contributed by atoms with E-state index in [4.69, 9.17) is 4.74 Å². The molecule has 2 fully saturated rings. The highest BCUT2D eigenvalue weighted by molar-refractivity contribution is 5.83. The van der Waals surface area contributed by atoms with Crippen molar-refractivity contribution in [3.8, 4) is 5.75 Å². The Morgan fingerprint density at radius 1 is 1.00 bits per heavy atom. The summed E-state index contributed by atoms with van der Waals surface area (Å²) in [7, 11) is 4.18. The number of nitrogens with zero attached hydrogens (tertiary/aromatic N) is 3. The smallest absolute Gasteiger partial charge is 0.227 e. The lowest BCUT2D eigenvalue weighted by atomic mass is 9.88. The van der Waals surface area contributed by atoms with Crippen molar-refractivity contribution in [3.05, 3.63) is 78.1 Å². The van der Waals surface area contributed by atoms with Gasteiger partial charge in [0.1, 0.15) is 11.6 Å². The molecule has 1 unspecified atom stereocenters.